The van der Waals surface area contributed by atoms with E-state index in [9.17, 15) is 4.79 Å². The Morgan fingerprint density at radius 3 is 2.78 bits per heavy atom. The number of ether oxygens (including phenoxy) is 1. The van der Waals surface area contributed by atoms with Gasteiger partial charge in [-0.1, -0.05) is 18.6 Å². The lowest BCUT2D eigenvalue weighted by Gasteiger charge is -2.22. The van der Waals surface area contributed by atoms with E-state index in [1.807, 2.05) is 24.3 Å². The molecular formula is C14H20N2O2. The number of carbonyl (C=O) groups excluding carboxylic acids is 1. The molecule has 1 saturated heterocycles. The summed E-state index contributed by atoms with van der Waals surface area (Å²) in [6.07, 6.45) is 3.21. The van der Waals surface area contributed by atoms with Gasteiger partial charge in [0, 0.05) is 12.8 Å². The van der Waals surface area contributed by atoms with Gasteiger partial charge in [-0.15, -0.1) is 0 Å². The van der Waals surface area contributed by atoms with Crippen molar-refractivity contribution in [3.63, 3.8) is 0 Å². The highest BCUT2D eigenvalue weighted by atomic mass is 16.5. The van der Waals surface area contributed by atoms with Crippen molar-refractivity contribution < 1.29 is 9.53 Å². The average molecular weight is 248 g/mol. The SMILES string of the molecule is COCc1ccc(NC(=O)[C@@H]2CCCCN2)cc1. The molecule has 1 aromatic carbocycles. The van der Waals surface area contributed by atoms with Crippen molar-refractivity contribution in [1.82, 2.24) is 5.32 Å². The Morgan fingerprint density at radius 2 is 2.17 bits per heavy atom. The van der Waals surface area contributed by atoms with E-state index in [0.717, 1.165) is 37.1 Å². The topological polar surface area (TPSA) is 50.4 Å². The minimum atomic E-state index is -0.0441. The van der Waals surface area contributed by atoms with Gasteiger partial charge in [-0.25, -0.2) is 0 Å². The number of hydrogen-bond donors (Lipinski definition) is 2. The maximum absolute atomic E-state index is 12.0. The van der Waals surface area contributed by atoms with Crippen LogP contribution in [0.2, 0.25) is 0 Å². The van der Waals surface area contributed by atoms with Gasteiger partial charge in [-0.3, -0.25) is 4.79 Å². The molecule has 1 aromatic rings. The Morgan fingerprint density at radius 1 is 1.39 bits per heavy atom. The van der Waals surface area contributed by atoms with E-state index in [2.05, 4.69) is 10.6 Å². The van der Waals surface area contributed by atoms with Gasteiger partial charge >= 0.3 is 0 Å². The molecule has 4 nitrogen and oxygen atoms in total. The first-order chi connectivity index (χ1) is 8.79. The normalized spacial score (nSPS) is 19.5. The molecule has 0 aliphatic carbocycles. The summed E-state index contributed by atoms with van der Waals surface area (Å²) in [5.41, 5.74) is 1.94. The molecule has 1 atom stereocenters. The van der Waals surface area contributed by atoms with Gasteiger partial charge in [0.25, 0.3) is 0 Å². The molecule has 1 aliphatic heterocycles. The molecule has 98 valence electrons. The standard InChI is InChI=1S/C14H20N2O2/c1-18-10-11-5-7-12(8-6-11)16-14(17)13-4-2-3-9-15-13/h5-8,13,15H,2-4,9-10H2,1H3,(H,16,17)/t13-/m0/s1. The lowest BCUT2D eigenvalue weighted by atomic mass is 10.0. The number of amides is 1. The van der Waals surface area contributed by atoms with Gasteiger partial charge in [0.15, 0.2) is 0 Å². The van der Waals surface area contributed by atoms with Crippen LogP contribution in [0.4, 0.5) is 5.69 Å². The molecule has 0 spiro atoms. The maximum atomic E-state index is 12.0. The second-order valence-corrected chi connectivity index (χ2v) is 4.62. The van der Waals surface area contributed by atoms with Crippen LogP contribution >= 0.6 is 0 Å². The Bertz CT molecular complexity index is 383. The number of piperidine rings is 1. The van der Waals surface area contributed by atoms with Gasteiger partial charge in [0.2, 0.25) is 5.91 Å². The molecule has 2 rings (SSSR count). The highest BCUT2D eigenvalue weighted by Gasteiger charge is 2.20. The first-order valence-corrected chi connectivity index (χ1v) is 6.42. The summed E-state index contributed by atoms with van der Waals surface area (Å²) in [6.45, 7) is 1.53. The minimum Gasteiger partial charge on any atom is -0.380 e. The largest absolute Gasteiger partial charge is 0.380 e. The average Bonchev–Trinajstić information content (AvgIpc) is 2.42. The number of anilines is 1. The van der Waals surface area contributed by atoms with Crippen LogP contribution in [0.15, 0.2) is 24.3 Å². The minimum absolute atomic E-state index is 0.0441. The second-order valence-electron chi connectivity index (χ2n) is 4.62. The Hall–Kier alpha value is -1.39. The predicted molar refractivity (Wildman–Crippen MR) is 71.4 cm³/mol. The van der Waals surface area contributed by atoms with E-state index in [-0.39, 0.29) is 11.9 Å². The Labute approximate surface area is 108 Å². The number of hydrogen-bond acceptors (Lipinski definition) is 3. The fourth-order valence-electron chi connectivity index (χ4n) is 2.16. The molecule has 0 saturated carbocycles. The summed E-state index contributed by atoms with van der Waals surface area (Å²) in [5, 5.41) is 6.18. The third-order valence-corrected chi connectivity index (χ3v) is 3.16. The first-order valence-electron chi connectivity index (χ1n) is 6.42. The molecule has 4 heteroatoms. The van der Waals surface area contributed by atoms with Crippen molar-refractivity contribution in [2.24, 2.45) is 0 Å². The monoisotopic (exact) mass is 248 g/mol. The van der Waals surface area contributed by atoms with Crippen LogP contribution in [-0.4, -0.2) is 25.6 Å². The summed E-state index contributed by atoms with van der Waals surface area (Å²) in [6, 6.07) is 7.71. The number of benzene rings is 1. The van der Waals surface area contributed by atoms with E-state index >= 15 is 0 Å². The molecule has 0 aromatic heterocycles. The third-order valence-electron chi connectivity index (χ3n) is 3.16. The van der Waals surface area contributed by atoms with E-state index in [1.165, 1.54) is 0 Å². The molecular weight excluding hydrogens is 228 g/mol. The van der Waals surface area contributed by atoms with Crippen LogP contribution in [0, 0.1) is 0 Å². The molecule has 1 fully saturated rings. The third kappa shape index (κ3) is 3.55. The van der Waals surface area contributed by atoms with Crippen LogP contribution in [0.5, 0.6) is 0 Å². The Kier molecular flexibility index (Phi) is 4.73. The smallest absolute Gasteiger partial charge is 0.241 e. The quantitative estimate of drug-likeness (QED) is 0.856. The molecule has 1 amide bonds. The van der Waals surface area contributed by atoms with E-state index < -0.39 is 0 Å². The zero-order chi connectivity index (χ0) is 12.8. The summed E-state index contributed by atoms with van der Waals surface area (Å²) >= 11 is 0. The van der Waals surface area contributed by atoms with Gasteiger partial charge in [-0.05, 0) is 37.1 Å². The van der Waals surface area contributed by atoms with Crippen molar-refractivity contribution >= 4 is 11.6 Å². The lowest BCUT2D eigenvalue weighted by molar-refractivity contribution is -0.118. The summed E-state index contributed by atoms with van der Waals surface area (Å²) in [5.74, 6) is 0.0641. The summed E-state index contributed by atoms with van der Waals surface area (Å²) < 4.78 is 5.05. The van der Waals surface area contributed by atoms with E-state index in [1.54, 1.807) is 7.11 Å². The summed E-state index contributed by atoms with van der Waals surface area (Å²) in [4.78, 5) is 12.0. The zero-order valence-electron chi connectivity index (χ0n) is 10.7. The van der Waals surface area contributed by atoms with E-state index in [4.69, 9.17) is 4.74 Å². The number of carbonyl (C=O) groups is 1. The number of rotatable bonds is 4. The zero-order valence-corrected chi connectivity index (χ0v) is 10.7. The van der Waals surface area contributed by atoms with Gasteiger partial charge in [0.05, 0.1) is 12.6 Å². The van der Waals surface area contributed by atoms with Crippen molar-refractivity contribution in [3.05, 3.63) is 29.8 Å². The highest BCUT2D eigenvalue weighted by Crippen LogP contribution is 2.13. The van der Waals surface area contributed by atoms with Crippen molar-refractivity contribution in [1.29, 1.82) is 0 Å². The molecule has 1 aliphatic rings. The second kappa shape index (κ2) is 6.52. The van der Waals surface area contributed by atoms with Crippen LogP contribution in [0.1, 0.15) is 24.8 Å². The van der Waals surface area contributed by atoms with Gasteiger partial charge in [0.1, 0.15) is 0 Å². The fourth-order valence-corrected chi connectivity index (χ4v) is 2.16. The fraction of sp³-hybridized carbons (Fsp3) is 0.500. The van der Waals surface area contributed by atoms with Crippen LogP contribution in [-0.2, 0) is 16.1 Å². The first kappa shape index (κ1) is 13.1. The lowest BCUT2D eigenvalue weighted by Crippen LogP contribution is -2.43. The molecule has 0 bridgehead atoms. The predicted octanol–water partition coefficient (Wildman–Crippen LogP) is 1.91. The number of nitrogens with one attached hydrogen (secondary N) is 2. The van der Waals surface area contributed by atoms with Crippen LogP contribution in [0.25, 0.3) is 0 Å². The van der Waals surface area contributed by atoms with Crippen molar-refractivity contribution in [3.8, 4) is 0 Å². The maximum Gasteiger partial charge on any atom is 0.241 e. The van der Waals surface area contributed by atoms with Gasteiger partial charge < -0.3 is 15.4 Å². The molecule has 2 N–H and O–H groups in total. The highest BCUT2D eigenvalue weighted by molar-refractivity contribution is 5.94. The van der Waals surface area contributed by atoms with E-state index in [0.29, 0.717) is 6.61 Å². The Balaban J connectivity index is 1.89. The summed E-state index contributed by atoms with van der Waals surface area (Å²) in [7, 11) is 1.67. The molecule has 0 radical (unpaired) electrons. The van der Waals surface area contributed by atoms with Crippen LogP contribution < -0.4 is 10.6 Å². The molecule has 0 unspecified atom stereocenters. The van der Waals surface area contributed by atoms with Crippen LogP contribution in [0.3, 0.4) is 0 Å². The van der Waals surface area contributed by atoms with Crippen molar-refractivity contribution in [2.45, 2.75) is 31.9 Å². The molecule has 1 heterocycles. The number of methoxy groups -OCH3 is 1. The van der Waals surface area contributed by atoms with Gasteiger partial charge in [-0.2, -0.15) is 0 Å². The molecule has 18 heavy (non-hydrogen) atoms. The van der Waals surface area contributed by atoms with Crippen molar-refractivity contribution in [2.75, 3.05) is 19.0 Å².